The molecule has 1 saturated heterocycles. The molecule has 0 aliphatic carbocycles. The summed E-state index contributed by atoms with van der Waals surface area (Å²) in [5.74, 6) is 1.05. The van der Waals surface area contributed by atoms with Crippen molar-refractivity contribution < 1.29 is 9.53 Å². The second-order valence-electron chi connectivity index (χ2n) is 6.42. The van der Waals surface area contributed by atoms with Crippen LogP contribution in [0.4, 0.5) is 4.79 Å². The lowest BCUT2D eigenvalue weighted by Crippen LogP contribution is -2.39. The molecule has 134 valence electrons. The molecule has 26 heavy (non-hydrogen) atoms. The van der Waals surface area contributed by atoms with E-state index in [1.54, 1.807) is 17.3 Å². The van der Waals surface area contributed by atoms with E-state index in [1.165, 1.54) is 0 Å². The molecule has 0 saturated carbocycles. The van der Waals surface area contributed by atoms with E-state index < -0.39 is 0 Å². The standard InChI is InChI=1S/C19H19ClN4O2/c20-17-16-11-22-18(24(16)10-8-21-17)15-7-4-9-23(12-15)19(25)26-13-14-5-2-1-3-6-14/h1-3,5-6,8,10-11,15H,4,7,9,12-13H2. The molecule has 3 heterocycles. The van der Waals surface area contributed by atoms with Gasteiger partial charge in [-0.15, -0.1) is 0 Å². The highest BCUT2D eigenvalue weighted by Crippen LogP contribution is 2.28. The van der Waals surface area contributed by atoms with Gasteiger partial charge in [0.2, 0.25) is 0 Å². The fourth-order valence-corrected chi connectivity index (χ4v) is 3.58. The number of nitrogens with zero attached hydrogens (tertiary/aromatic N) is 4. The van der Waals surface area contributed by atoms with Crippen LogP contribution in [-0.2, 0) is 11.3 Å². The van der Waals surface area contributed by atoms with Gasteiger partial charge >= 0.3 is 6.09 Å². The first-order valence-corrected chi connectivity index (χ1v) is 9.03. The summed E-state index contributed by atoms with van der Waals surface area (Å²) in [6, 6.07) is 9.70. The van der Waals surface area contributed by atoms with Crippen molar-refractivity contribution in [2.24, 2.45) is 0 Å². The zero-order chi connectivity index (χ0) is 17.9. The van der Waals surface area contributed by atoms with Crippen LogP contribution < -0.4 is 0 Å². The number of rotatable bonds is 3. The normalized spacial score (nSPS) is 17.4. The number of hydrogen-bond donors (Lipinski definition) is 0. The Bertz CT molecular complexity index is 912. The van der Waals surface area contributed by atoms with Crippen molar-refractivity contribution >= 4 is 23.2 Å². The van der Waals surface area contributed by atoms with Crippen LogP contribution in [0.2, 0.25) is 5.15 Å². The third-order valence-electron chi connectivity index (χ3n) is 4.69. The molecule has 4 rings (SSSR count). The summed E-state index contributed by atoms with van der Waals surface area (Å²) >= 11 is 6.13. The van der Waals surface area contributed by atoms with Crippen molar-refractivity contribution in [3.63, 3.8) is 0 Å². The van der Waals surface area contributed by atoms with Gasteiger partial charge in [0, 0.05) is 31.4 Å². The highest BCUT2D eigenvalue weighted by molar-refractivity contribution is 6.32. The van der Waals surface area contributed by atoms with E-state index >= 15 is 0 Å². The molecule has 1 aromatic carbocycles. The first-order valence-electron chi connectivity index (χ1n) is 8.65. The average molecular weight is 371 g/mol. The molecule has 1 unspecified atom stereocenters. The number of hydrogen-bond acceptors (Lipinski definition) is 4. The molecule has 1 amide bonds. The summed E-state index contributed by atoms with van der Waals surface area (Å²) in [5.41, 5.74) is 1.77. The minimum atomic E-state index is -0.279. The molecular weight excluding hydrogens is 352 g/mol. The molecule has 1 aliphatic heterocycles. The molecule has 0 bridgehead atoms. The van der Waals surface area contributed by atoms with Gasteiger partial charge in [-0.1, -0.05) is 41.9 Å². The number of carbonyl (C=O) groups excluding carboxylic acids is 1. The maximum absolute atomic E-state index is 12.4. The Hall–Kier alpha value is -2.60. The predicted octanol–water partition coefficient (Wildman–Crippen LogP) is 3.90. The summed E-state index contributed by atoms with van der Waals surface area (Å²) in [7, 11) is 0. The maximum Gasteiger partial charge on any atom is 0.410 e. The highest BCUT2D eigenvalue weighted by Gasteiger charge is 2.28. The summed E-state index contributed by atoms with van der Waals surface area (Å²) in [6.45, 7) is 1.58. The molecule has 1 fully saturated rings. The zero-order valence-electron chi connectivity index (χ0n) is 14.2. The summed E-state index contributed by atoms with van der Waals surface area (Å²) in [6.07, 6.45) is 6.86. The van der Waals surface area contributed by atoms with E-state index in [0.29, 0.717) is 18.2 Å². The van der Waals surface area contributed by atoms with Crippen LogP contribution in [0.25, 0.3) is 5.52 Å². The van der Waals surface area contributed by atoms with Gasteiger partial charge in [-0.3, -0.25) is 4.40 Å². The lowest BCUT2D eigenvalue weighted by molar-refractivity contribution is 0.0853. The third-order valence-corrected chi connectivity index (χ3v) is 4.98. The molecule has 0 N–H and O–H groups in total. The van der Waals surface area contributed by atoms with Gasteiger partial charge in [-0.25, -0.2) is 14.8 Å². The average Bonchev–Trinajstić information content (AvgIpc) is 3.12. The second-order valence-corrected chi connectivity index (χ2v) is 6.77. The largest absolute Gasteiger partial charge is 0.445 e. The smallest absolute Gasteiger partial charge is 0.410 e. The molecule has 2 aromatic heterocycles. The van der Waals surface area contributed by atoms with Gasteiger partial charge in [-0.05, 0) is 18.4 Å². The number of halogens is 1. The number of amides is 1. The Morgan fingerprint density at radius 1 is 1.27 bits per heavy atom. The number of likely N-dealkylation sites (tertiary alicyclic amines) is 1. The first kappa shape index (κ1) is 16.8. The van der Waals surface area contributed by atoms with E-state index in [9.17, 15) is 4.79 Å². The fraction of sp³-hybridized carbons (Fsp3) is 0.316. The summed E-state index contributed by atoms with van der Waals surface area (Å²) < 4.78 is 7.43. The highest BCUT2D eigenvalue weighted by atomic mass is 35.5. The van der Waals surface area contributed by atoms with Crippen LogP contribution in [-0.4, -0.2) is 38.5 Å². The number of aromatic nitrogens is 3. The Morgan fingerprint density at radius 3 is 2.96 bits per heavy atom. The number of ether oxygens (including phenoxy) is 1. The van der Waals surface area contributed by atoms with Gasteiger partial charge < -0.3 is 9.64 Å². The fourth-order valence-electron chi connectivity index (χ4n) is 3.38. The van der Waals surface area contributed by atoms with E-state index in [0.717, 1.165) is 29.7 Å². The molecule has 3 aromatic rings. The SMILES string of the molecule is O=C(OCc1ccccc1)N1CCCC(c2ncc3c(Cl)nccn23)C1. The lowest BCUT2D eigenvalue weighted by atomic mass is 9.97. The summed E-state index contributed by atoms with van der Waals surface area (Å²) in [4.78, 5) is 22.8. The molecule has 0 spiro atoms. The van der Waals surface area contributed by atoms with Crippen molar-refractivity contribution in [2.45, 2.75) is 25.4 Å². The predicted molar refractivity (Wildman–Crippen MR) is 98.2 cm³/mol. The van der Waals surface area contributed by atoms with Crippen LogP contribution in [0.5, 0.6) is 0 Å². The first-order chi connectivity index (χ1) is 12.7. The minimum Gasteiger partial charge on any atom is -0.445 e. The molecule has 0 radical (unpaired) electrons. The van der Waals surface area contributed by atoms with E-state index in [-0.39, 0.29) is 18.6 Å². The minimum absolute atomic E-state index is 0.147. The third kappa shape index (κ3) is 3.37. The topological polar surface area (TPSA) is 59.7 Å². The van der Waals surface area contributed by atoms with Gasteiger partial charge in [0.1, 0.15) is 17.9 Å². The van der Waals surface area contributed by atoms with E-state index in [4.69, 9.17) is 16.3 Å². The van der Waals surface area contributed by atoms with Crippen molar-refractivity contribution in [1.82, 2.24) is 19.3 Å². The van der Waals surface area contributed by atoms with Gasteiger partial charge in [-0.2, -0.15) is 0 Å². The second kappa shape index (κ2) is 7.33. The Morgan fingerprint density at radius 2 is 2.12 bits per heavy atom. The lowest BCUT2D eigenvalue weighted by Gasteiger charge is -2.31. The quantitative estimate of drug-likeness (QED) is 0.701. The molecular formula is C19H19ClN4O2. The van der Waals surface area contributed by atoms with Crippen molar-refractivity contribution in [3.05, 3.63) is 65.5 Å². The zero-order valence-corrected chi connectivity index (χ0v) is 15.0. The molecule has 7 heteroatoms. The van der Waals surface area contributed by atoms with Crippen molar-refractivity contribution in [1.29, 1.82) is 0 Å². The molecule has 1 aliphatic rings. The number of fused-ring (bicyclic) bond motifs is 1. The molecule has 6 nitrogen and oxygen atoms in total. The van der Waals surface area contributed by atoms with Gasteiger partial charge in [0.05, 0.1) is 6.20 Å². The molecule has 1 atom stereocenters. The van der Waals surface area contributed by atoms with Crippen LogP contribution in [0.15, 0.2) is 48.9 Å². The van der Waals surface area contributed by atoms with Crippen LogP contribution in [0.1, 0.15) is 30.1 Å². The van der Waals surface area contributed by atoms with Gasteiger partial charge in [0.15, 0.2) is 5.15 Å². The number of piperidine rings is 1. The Kier molecular flexibility index (Phi) is 4.75. The summed E-state index contributed by atoms with van der Waals surface area (Å²) in [5, 5.41) is 0.432. The van der Waals surface area contributed by atoms with Gasteiger partial charge in [0.25, 0.3) is 0 Å². The van der Waals surface area contributed by atoms with Crippen molar-refractivity contribution in [2.75, 3.05) is 13.1 Å². The van der Waals surface area contributed by atoms with E-state index in [2.05, 4.69) is 9.97 Å². The van der Waals surface area contributed by atoms with Crippen LogP contribution >= 0.6 is 11.6 Å². The Labute approximate surface area is 156 Å². The number of imidazole rings is 1. The van der Waals surface area contributed by atoms with E-state index in [1.807, 2.05) is 40.9 Å². The Balaban J connectivity index is 1.45. The van der Waals surface area contributed by atoms with Crippen LogP contribution in [0.3, 0.4) is 0 Å². The maximum atomic E-state index is 12.4. The van der Waals surface area contributed by atoms with Crippen molar-refractivity contribution in [3.8, 4) is 0 Å². The number of benzene rings is 1. The number of carbonyl (C=O) groups is 1. The monoisotopic (exact) mass is 370 g/mol. The van der Waals surface area contributed by atoms with Crippen LogP contribution in [0, 0.1) is 0 Å².